The van der Waals surface area contributed by atoms with Crippen molar-refractivity contribution >= 4 is 104 Å². The molecule has 5 atom stereocenters. The molecule has 0 unspecified atom stereocenters. The molecule has 0 spiro atoms. The van der Waals surface area contributed by atoms with Crippen LogP contribution in [0.25, 0.3) is 22.2 Å². The van der Waals surface area contributed by atoms with Crippen molar-refractivity contribution in [3.63, 3.8) is 0 Å². The van der Waals surface area contributed by atoms with E-state index in [-0.39, 0.29) is 67.4 Å². The average molecular weight is 1190 g/mol. The van der Waals surface area contributed by atoms with E-state index < -0.39 is 46.0 Å². The first-order valence-electron chi connectivity index (χ1n) is 24.1. The van der Waals surface area contributed by atoms with Gasteiger partial charge < -0.3 is 48.5 Å². The van der Waals surface area contributed by atoms with Crippen molar-refractivity contribution in [1.29, 1.82) is 0 Å². The molecule has 5 aromatic rings. The molecule has 0 radical (unpaired) electrons. The average Bonchev–Trinajstić information content (AvgIpc) is 4.18. The highest BCUT2D eigenvalue weighted by molar-refractivity contribution is 8.00. The van der Waals surface area contributed by atoms with Crippen molar-refractivity contribution < 1.29 is 72.2 Å². The monoisotopic (exact) mass is 1190 g/mol. The van der Waals surface area contributed by atoms with Crippen molar-refractivity contribution in [2.45, 2.75) is 127 Å². The van der Waals surface area contributed by atoms with E-state index in [0.29, 0.717) is 69.0 Å². The summed E-state index contributed by atoms with van der Waals surface area (Å²) in [5.74, 6) is 0.757. The Morgan fingerprint density at radius 3 is 1.55 bits per heavy atom. The highest BCUT2D eigenvalue weighted by atomic mass is 35.5. The Bertz CT molecular complexity index is 3060. The van der Waals surface area contributed by atoms with Gasteiger partial charge in [0.1, 0.15) is 26.9 Å². The number of benzene rings is 3. The maximum absolute atomic E-state index is 12.9. The van der Waals surface area contributed by atoms with Crippen LogP contribution in [-0.2, 0) is 68.5 Å². The number of hydrogen-bond donors (Lipinski definition) is 3. The fourth-order valence-electron chi connectivity index (χ4n) is 7.72. The number of oxazole rings is 2. The topological polar surface area (TPSA) is 276 Å². The van der Waals surface area contributed by atoms with Crippen LogP contribution in [0.3, 0.4) is 0 Å². The number of aliphatic hydroxyl groups excluding tert-OH is 1. The minimum Gasteiger partial charge on any atom is -0.504 e. The number of phenols is 1. The zero-order valence-electron chi connectivity index (χ0n) is 42.8. The Morgan fingerprint density at radius 2 is 1.08 bits per heavy atom. The number of nitrogen functional groups attached to an aromatic ring is 1. The van der Waals surface area contributed by atoms with Gasteiger partial charge in [0, 0.05) is 55.5 Å². The highest BCUT2D eigenvalue weighted by Gasteiger charge is 2.37. The number of aromatic hydroxyl groups is 1. The zero-order valence-corrected chi connectivity index (χ0v) is 48.3. The molecule has 26 heteroatoms. The number of anilines is 1. The number of nitrogens with two attached hydrogens (primary N) is 1. The van der Waals surface area contributed by atoms with Gasteiger partial charge in [-0.25, -0.2) is 26.8 Å². The lowest BCUT2D eigenvalue weighted by Crippen LogP contribution is -2.22. The van der Waals surface area contributed by atoms with Crippen LogP contribution in [-0.4, -0.2) is 146 Å². The number of fused-ring (bicyclic) bond motifs is 2. The fraction of sp³-hybridized carbons (Fsp3) is 0.592. The number of ether oxygens (including phenoxy) is 5. The number of halogens is 3. The molecule has 418 valence electrons. The van der Waals surface area contributed by atoms with Gasteiger partial charge in [-0.3, -0.25) is 4.18 Å². The lowest BCUT2D eigenvalue weighted by molar-refractivity contribution is 0.127. The Labute approximate surface area is 457 Å². The summed E-state index contributed by atoms with van der Waals surface area (Å²) in [5, 5.41) is 18.4. The van der Waals surface area contributed by atoms with E-state index in [1.807, 2.05) is 32.9 Å². The van der Waals surface area contributed by atoms with Crippen molar-refractivity contribution in [3.05, 3.63) is 63.2 Å². The van der Waals surface area contributed by atoms with Gasteiger partial charge in [-0.2, -0.15) is 8.42 Å². The maximum Gasteiger partial charge on any atom is 0.264 e. The number of rotatable bonds is 8. The molecular weight excluding hydrogens is 1120 g/mol. The molecule has 5 aliphatic rings. The summed E-state index contributed by atoms with van der Waals surface area (Å²) in [6.07, 6.45) is 4.03. The van der Waals surface area contributed by atoms with Gasteiger partial charge in [-0.15, -0.1) is 11.8 Å². The molecule has 2 aromatic heterocycles. The normalized spacial score (nSPS) is 22.2. The van der Waals surface area contributed by atoms with Gasteiger partial charge in [0.05, 0.1) is 81.5 Å². The second kappa shape index (κ2) is 25.8. The molecule has 5 saturated heterocycles. The van der Waals surface area contributed by atoms with E-state index in [1.165, 1.54) is 12.1 Å². The summed E-state index contributed by atoms with van der Waals surface area (Å²) in [4.78, 5) is 9.72. The third-order valence-corrected chi connectivity index (χ3v) is 19.5. The number of aliphatic hydroxyl groups is 1. The number of phenolic OH excluding ortho intramolecular Hbond substituents is 1. The minimum absolute atomic E-state index is 0.00751. The quantitative estimate of drug-likeness (QED) is 0.0744. The number of thioether (sulfide) groups is 1. The van der Waals surface area contributed by atoms with E-state index in [0.717, 1.165) is 65.8 Å². The SMILES string of the molecule is CC(C)(C)c1nc2ccc(Cl)c(S(=O)(=O)[C@H]3CCOC3)c2o1.CC(C)(C)c1nc2ccc(Cl)c(S[C@H]3CCOC3)c2o1.CS(=O)(=O)O[C@@H]1CCOC1.Nc1ccc(Cl)c(S(=O)(=O)[C@H]2CCOC2)c1O.O[C@@H]1CCOC1. The second-order valence-corrected chi connectivity index (χ2v) is 28.7. The fourth-order valence-corrected chi connectivity index (χ4v) is 14.2. The molecule has 0 aliphatic carbocycles. The van der Waals surface area contributed by atoms with Gasteiger partial charge in [-0.1, -0.05) is 76.3 Å². The van der Waals surface area contributed by atoms with Crippen molar-refractivity contribution in [1.82, 2.24) is 9.97 Å². The lowest BCUT2D eigenvalue weighted by atomic mass is 9.97. The van der Waals surface area contributed by atoms with E-state index in [9.17, 15) is 30.4 Å². The van der Waals surface area contributed by atoms with Crippen LogP contribution in [0.4, 0.5) is 5.69 Å². The van der Waals surface area contributed by atoms with Crippen LogP contribution >= 0.6 is 46.6 Å². The summed E-state index contributed by atoms with van der Waals surface area (Å²) in [5.41, 5.74) is 7.48. The molecule has 75 heavy (non-hydrogen) atoms. The van der Waals surface area contributed by atoms with Crippen molar-refractivity contribution in [2.75, 3.05) is 78.1 Å². The third kappa shape index (κ3) is 16.3. The summed E-state index contributed by atoms with van der Waals surface area (Å²) in [6, 6.07) is 9.78. The number of aromatic nitrogens is 2. The van der Waals surface area contributed by atoms with Crippen LogP contribution in [0, 0.1) is 0 Å². The molecule has 5 fully saturated rings. The van der Waals surface area contributed by atoms with Crippen LogP contribution in [0.2, 0.25) is 15.1 Å². The van der Waals surface area contributed by atoms with Gasteiger partial charge in [0.15, 0.2) is 36.6 Å². The molecule has 4 N–H and O–H groups in total. The summed E-state index contributed by atoms with van der Waals surface area (Å²) in [6.45, 7) is 17.2. The Hall–Kier alpha value is -3.01. The predicted octanol–water partition coefficient (Wildman–Crippen LogP) is 8.71. The van der Waals surface area contributed by atoms with Gasteiger partial charge in [0.25, 0.3) is 10.1 Å². The first-order valence-corrected chi connectivity index (χ1v) is 31.1. The molecule has 19 nitrogen and oxygen atoms in total. The van der Waals surface area contributed by atoms with Gasteiger partial charge >= 0.3 is 0 Å². The van der Waals surface area contributed by atoms with Gasteiger partial charge in [-0.05, 0) is 62.1 Å². The van der Waals surface area contributed by atoms with Gasteiger partial charge in [0.2, 0.25) is 11.8 Å². The summed E-state index contributed by atoms with van der Waals surface area (Å²) in [7, 11) is -10.6. The largest absolute Gasteiger partial charge is 0.504 e. The minimum atomic E-state index is -3.71. The van der Waals surface area contributed by atoms with E-state index in [2.05, 4.69) is 34.9 Å². The molecule has 0 amide bonds. The molecule has 3 aromatic carbocycles. The molecule has 10 rings (SSSR count). The predicted molar refractivity (Wildman–Crippen MR) is 287 cm³/mol. The Morgan fingerprint density at radius 1 is 0.613 bits per heavy atom. The van der Waals surface area contributed by atoms with Crippen molar-refractivity contribution in [2.24, 2.45) is 0 Å². The maximum atomic E-state index is 12.9. The van der Waals surface area contributed by atoms with Crippen LogP contribution < -0.4 is 5.73 Å². The van der Waals surface area contributed by atoms with E-state index in [1.54, 1.807) is 23.9 Å². The highest BCUT2D eigenvalue weighted by Crippen LogP contribution is 2.42. The van der Waals surface area contributed by atoms with Crippen LogP contribution in [0.15, 0.2) is 59.9 Å². The standard InChI is InChI=1S/C15H18ClNO4S.C15H18ClNO2S.C10H12ClNO4S.C5H10O4S.C4H8O2/c1-15(2,3)14-17-11-5-4-10(16)13(12(11)21-14)22(18,19)9-6-7-20-8-9;1-15(2,3)14-17-11-5-4-10(16)13(12(11)19-14)20-9-6-7-18-8-9;11-7-1-2-8(12)9(13)10(7)17(14,15)6-3-4-16-5-6;1-10(6,7)9-5-2-3-8-4-5;5-4-1-2-6-3-4/h4-5,9H,6-8H2,1-3H3;4-5,9H,6-8H2,1-3H3;1-2,6,13H,3-5,12H2;5H,2-4H2,1H3;4-5H,1-3H2/t2*9-;6-;5-;4-/m00011/s1. The first-order chi connectivity index (χ1) is 35.1. The first kappa shape index (κ1) is 61.2. The molecule has 5 aliphatic heterocycles. The van der Waals surface area contributed by atoms with E-state index >= 15 is 0 Å². The zero-order chi connectivity index (χ0) is 55.1. The van der Waals surface area contributed by atoms with Crippen LogP contribution in [0.5, 0.6) is 5.75 Å². The molecule has 7 heterocycles. The van der Waals surface area contributed by atoms with Crippen LogP contribution in [0.1, 0.15) is 85.4 Å². The smallest absolute Gasteiger partial charge is 0.264 e. The van der Waals surface area contributed by atoms with E-state index in [4.69, 9.17) is 78.2 Å². The molecule has 0 bridgehead atoms. The summed E-state index contributed by atoms with van der Waals surface area (Å²) < 4.78 is 113. The summed E-state index contributed by atoms with van der Waals surface area (Å²) >= 11 is 20.1. The number of sulfone groups is 2. The Balaban J connectivity index is 0.000000160. The molecule has 0 saturated carbocycles. The second-order valence-electron chi connectivity index (χ2n) is 20.3. The Kier molecular flexibility index (Phi) is 21.1. The van der Waals surface area contributed by atoms with Crippen molar-refractivity contribution in [3.8, 4) is 5.75 Å². The third-order valence-electron chi connectivity index (χ3n) is 11.8. The molecular formula is C49H66Cl3N3O16S4. The number of nitrogens with zero attached hydrogens (tertiary/aromatic N) is 2. The number of hydrogen-bond acceptors (Lipinski definition) is 20. The lowest BCUT2D eigenvalue weighted by Gasteiger charge is -2.13.